The molecule has 0 bridgehead atoms. The third-order valence-corrected chi connectivity index (χ3v) is 3.96. The number of carbonyl (C=O) groups is 1. The maximum atomic E-state index is 11.8. The Morgan fingerprint density at radius 2 is 2.39 bits per heavy atom. The number of carbonyl (C=O) groups excluding carboxylic acids is 1. The van der Waals surface area contributed by atoms with E-state index in [9.17, 15) is 4.79 Å². The number of fused-ring (bicyclic) bond motifs is 2. The van der Waals surface area contributed by atoms with Crippen molar-refractivity contribution in [2.75, 3.05) is 0 Å². The molecule has 2 aliphatic rings. The summed E-state index contributed by atoms with van der Waals surface area (Å²) in [6.45, 7) is 1.94. The number of nitrogens with two attached hydrogens (primary N) is 1. The van der Waals surface area contributed by atoms with Crippen LogP contribution in [0, 0.1) is 12.8 Å². The van der Waals surface area contributed by atoms with Crippen LogP contribution in [0.1, 0.15) is 40.0 Å². The van der Waals surface area contributed by atoms with Crippen LogP contribution >= 0.6 is 11.6 Å². The summed E-state index contributed by atoms with van der Waals surface area (Å²) in [4.78, 5) is 11.8. The smallest absolute Gasteiger partial charge is 0.224 e. The standard InChI is InChI=1S/C15H16ClNO/c1-8-5-9(16)6-13-10-3-2-4-11(15(17)18)14(10)7-12(8)13/h5-6,11H,2-4,7H2,1H3,(H2,17,18)/i2D2,11D. The molecule has 0 aromatic heterocycles. The van der Waals surface area contributed by atoms with Crippen LogP contribution in [0.25, 0.3) is 5.57 Å². The zero-order chi connectivity index (χ0) is 15.6. The van der Waals surface area contributed by atoms with Crippen molar-refractivity contribution < 1.29 is 8.91 Å². The van der Waals surface area contributed by atoms with E-state index < -0.39 is 18.2 Å². The summed E-state index contributed by atoms with van der Waals surface area (Å²) in [5, 5.41) is 0.584. The number of halogens is 1. The molecule has 0 aliphatic heterocycles. The van der Waals surface area contributed by atoms with Gasteiger partial charge in [-0.3, -0.25) is 4.79 Å². The molecule has 0 radical (unpaired) electrons. The highest BCUT2D eigenvalue weighted by molar-refractivity contribution is 6.30. The highest BCUT2D eigenvalue weighted by atomic mass is 35.5. The summed E-state index contributed by atoms with van der Waals surface area (Å²) in [7, 11) is 0. The molecule has 1 aromatic rings. The highest BCUT2D eigenvalue weighted by Gasteiger charge is 2.33. The fraction of sp³-hybridized carbons (Fsp3) is 0.400. The summed E-state index contributed by atoms with van der Waals surface area (Å²) in [5.74, 6) is -2.45. The van der Waals surface area contributed by atoms with Gasteiger partial charge in [-0.1, -0.05) is 11.6 Å². The Morgan fingerprint density at radius 1 is 1.61 bits per heavy atom. The lowest BCUT2D eigenvalue weighted by molar-refractivity contribution is -0.121. The van der Waals surface area contributed by atoms with Crippen LogP contribution in [0.15, 0.2) is 17.7 Å². The number of allylic oxidation sites excluding steroid dienone is 1. The summed E-state index contributed by atoms with van der Waals surface area (Å²) in [5.41, 5.74) is 9.71. The molecular weight excluding hydrogens is 246 g/mol. The van der Waals surface area contributed by atoms with Crippen molar-refractivity contribution in [3.63, 3.8) is 0 Å². The minimum atomic E-state index is -1.67. The van der Waals surface area contributed by atoms with Crippen molar-refractivity contribution in [3.05, 3.63) is 39.4 Å². The molecule has 3 heteroatoms. The van der Waals surface area contributed by atoms with Gasteiger partial charge in [-0.05, 0) is 72.5 Å². The normalized spacial score (nSPS) is 31.1. The van der Waals surface area contributed by atoms with E-state index in [1.54, 1.807) is 6.07 Å². The van der Waals surface area contributed by atoms with Crippen molar-refractivity contribution in [2.45, 2.75) is 32.6 Å². The van der Waals surface area contributed by atoms with E-state index >= 15 is 0 Å². The molecule has 0 heterocycles. The zero-order valence-corrected chi connectivity index (χ0v) is 10.9. The van der Waals surface area contributed by atoms with Gasteiger partial charge in [0.15, 0.2) is 0 Å². The largest absolute Gasteiger partial charge is 0.369 e. The summed E-state index contributed by atoms with van der Waals surface area (Å²) in [6, 6.07) is 3.65. The predicted octanol–water partition coefficient (Wildman–Crippen LogP) is 3.24. The first-order valence-corrected chi connectivity index (χ1v) is 6.34. The lowest BCUT2D eigenvalue weighted by Crippen LogP contribution is -2.27. The Bertz CT molecular complexity index is 698. The molecule has 2 nitrogen and oxygen atoms in total. The van der Waals surface area contributed by atoms with Gasteiger partial charge in [-0.15, -0.1) is 0 Å². The third-order valence-electron chi connectivity index (χ3n) is 3.75. The molecule has 1 aromatic carbocycles. The number of amides is 1. The van der Waals surface area contributed by atoms with Gasteiger partial charge in [-0.2, -0.15) is 0 Å². The summed E-state index contributed by atoms with van der Waals surface area (Å²) >= 11 is 6.11. The zero-order valence-electron chi connectivity index (χ0n) is 13.1. The van der Waals surface area contributed by atoms with Gasteiger partial charge in [0.05, 0.1) is 5.89 Å². The highest BCUT2D eigenvalue weighted by Crippen LogP contribution is 2.45. The maximum absolute atomic E-state index is 11.8. The van der Waals surface area contributed by atoms with Gasteiger partial charge < -0.3 is 5.73 Å². The Balaban J connectivity index is 2.23. The van der Waals surface area contributed by atoms with Gasteiger partial charge >= 0.3 is 0 Å². The number of benzene rings is 1. The van der Waals surface area contributed by atoms with Crippen LogP contribution in [-0.2, 0) is 11.2 Å². The lowest BCUT2D eigenvalue weighted by Gasteiger charge is -2.22. The van der Waals surface area contributed by atoms with Crippen molar-refractivity contribution in [3.8, 4) is 0 Å². The number of hydrogen-bond donors (Lipinski definition) is 1. The van der Waals surface area contributed by atoms with Crippen molar-refractivity contribution in [1.82, 2.24) is 0 Å². The van der Waals surface area contributed by atoms with Crippen LogP contribution in [0.3, 0.4) is 0 Å². The minimum Gasteiger partial charge on any atom is -0.369 e. The van der Waals surface area contributed by atoms with Gasteiger partial charge in [0.25, 0.3) is 0 Å². The van der Waals surface area contributed by atoms with Crippen LogP contribution in [0.4, 0.5) is 0 Å². The quantitative estimate of drug-likeness (QED) is 0.831. The lowest BCUT2D eigenvalue weighted by atomic mass is 9.82. The molecule has 1 amide bonds. The maximum Gasteiger partial charge on any atom is 0.224 e. The molecule has 1 unspecified atom stereocenters. The van der Waals surface area contributed by atoms with Gasteiger partial charge in [0.1, 0.15) is 0 Å². The van der Waals surface area contributed by atoms with Gasteiger partial charge in [0.2, 0.25) is 5.91 Å². The van der Waals surface area contributed by atoms with Crippen LogP contribution in [-0.4, -0.2) is 5.91 Å². The fourth-order valence-electron chi connectivity index (χ4n) is 2.87. The van der Waals surface area contributed by atoms with E-state index in [1.807, 2.05) is 13.0 Å². The van der Waals surface area contributed by atoms with E-state index in [2.05, 4.69) is 0 Å². The Kier molecular flexibility index (Phi) is 2.01. The van der Waals surface area contributed by atoms with Crippen molar-refractivity contribution in [2.24, 2.45) is 11.6 Å². The first kappa shape index (κ1) is 8.76. The molecule has 94 valence electrons. The second kappa shape index (κ2) is 4.13. The van der Waals surface area contributed by atoms with Crippen LogP contribution < -0.4 is 5.73 Å². The molecule has 2 N–H and O–H groups in total. The Labute approximate surface area is 116 Å². The van der Waals surface area contributed by atoms with E-state index in [4.69, 9.17) is 21.4 Å². The van der Waals surface area contributed by atoms with Crippen molar-refractivity contribution >= 4 is 23.1 Å². The molecule has 2 aliphatic carbocycles. The monoisotopic (exact) mass is 264 g/mol. The van der Waals surface area contributed by atoms with E-state index in [0.29, 0.717) is 17.0 Å². The second-order valence-electron chi connectivity index (χ2n) is 4.83. The summed E-state index contributed by atoms with van der Waals surface area (Å²) in [6.07, 6.45) is -1.12. The molecule has 1 atom stereocenters. The summed E-state index contributed by atoms with van der Waals surface area (Å²) < 4.78 is 24.5. The third kappa shape index (κ3) is 1.67. The predicted molar refractivity (Wildman–Crippen MR) is 73.3 cm³/mol. The molecule has 18 heavy (non-hydrogen) atoms. The number of rotatable bonds is 1. The van der Waals surface area contributed by atoms with E-state index in [1.165, 1.54) is 0 Å². The van der Waals surface area contributed by atoms with Crippen molar-refractivity contribution in [1.29, 1.82) is 0 Å². The van der Waals surface area contributed by atoms with E-state index in [0.717, 1.165) is 22.3 Å². The molecule has 0 spiro atoms. The first-order chi connectivity index (χ1) is 9.64. The molecular formula is C15H16ClNO. The van der Waals surface area contributed by atoms with Crippen LogP contribution in [0.2, 0.25) is 5.02 Å². The number of primary amides is 1. The van der Waals surface area contributed by atoms with E-state index in [-0.39, 0.29) is 12.8 Å². The number of hydrogen-bond acceptors (Lipinski definition) is 1. The average molecular weight is 265 g/mol. The molecule has 0 saturated carbocycles. The Hall–Kier alpha value is -1.28. The second-order valence-corrected chi connectivity index (χ2v) is 5.27. The van der Waals surface area contributed by atoms with Gasteiger partial charge in [-0.25, -0.2) is 0 Å². The first-order valence-electron chi connectivity index (χ1n) is 7.46. The fourth-order valence-corrected chi connectivity index (χ4v) is 3.14. The Morgan fingerprint density at radius 3 is 3.11 bits per heavy atom. The molecule has 0 fully saturated rings. The minimum absolute atomic E-state index is 0.186. The topological polar surface area (TPSA) is 43.1 Å². The van der Waals surface area contributed by atoms with Crippen LogP contribution in [0.5, 0.6) is 0 Å². The number of aryl methyl sites for hydroxylation is 1. The average Bonchev–Trinajstić information content (AvgIpc) is 2.67. The SMILES string of the molecule is [2H]C1([2H])CC2=C(Cc3c(C)cc(Cl)cc32)C([2H])(C(N)=O)C1. The molecule has 3 rings (SSSR count). The molecule has 0 saturated heterocycles. The van der Waals surface area contributed by atoms with Gasteiger partial charge in [0, 0.05) is 9.13 Å².